The first kappa shape index (κ1) is 14.1. The summed E-state index contributed by atoms with van der Waals surface area (Å²) in [5.41, 5.74) is 6.26. The predicted molar refractivity (Wildman–Crippen MR) is 71.2 cm³/mol. The minimum atomic E-state index is -3.65. The molecule has 2 atom stereocenters. The molecule has 2 aliphatic rings. The summed E-state index contributed by atoms with van der Waals surface area (Å²) in [6.45, 7) is 0. The molecule has 1 aliphatic carbocycles. The van der Waals surface area contributed by atoms with Crippen LogP contribution in [0.25, 0.3) is 0 Å². The van der Waals surface area contributed by atoms with Crippen molar-refractivity contribution in [3.63, 3.8) is 0 Å². The van der Waals surface area contributed by atoms with Gasteiger partial charge in [0.1, 0.15) is 0 Å². The Morgan fingerprint density at radius 2 is 2.05 bits per heavy atom. The molecule has 0 bridgehead atoms. The summed E-state index contributed by atoms with van der Waals surface area (Å²) in [5.74, 6) is -0.410. The molecule has 3 rings (SSSR count). The Morgan fingerprint density at radius 1 is 1.29 bits per heavy atom. The van der Waals surface area contributed by atoms with E-state index in [1.165, 1.54) is 18.2 Å². The van der Waals surface area contributed by atoms with Crippen molar-refractivity contribution in [1.29, 1.82) is 0 Å². The first-order chi connectivity index (χ1) is 9.93. The number of rotatable bonds is 2. The molecule has 3 N–H and O–H groups in total. The van der Waals surface area contributed by atoms with Crippen LogP contribution in [0.3, 0.4) is 0 Å². The lowest BCUT2D eigenvalue weighted by Gasteiger charge is -2.25. The second-order valence-electron chi connectivity index (χ2n) is 5.44. The van der Waals surface area contributed by atoms with Gasteiger partial charge in [0, 0.05) is 23.7 Å². The van der Waals surface area contributed by atoms with Gasteiger partial charge < -0.3 is 20.5 Å². The smallest absolute Gasteiger partial charge is 0.395 e. The van der Waals surface area contributed by atoms with Gasteiger partial charge in [0.25, 0.3) is 0 Å². The maximum absolute atomic E-state index is 12.9. The molecule has 1 fully saturated rings. The zero-order valence-corrected chi connectivity index (χ0v) is 11.3. The monoisotopic (exact) mass is 298 g/mol. The number of carbonyl (C=O) groups is 1. The third-order valence-electron chi connectivity index (χ3n) is 3.75. The number of nitrogens with two attached hydrogens (primary N) is 1. The van der Waals surface area contributed by atoms with Crippen LogP contribution in [0.5, 0.6) is 11.5 Å². The van der Waals surface area contributed by atoms with Crippen molar-refractivity contribution >= 4 is 11.6 Å². The number of nitrogens with one attached hydrogen (secondary N) is 1. The van der Waals surface area contributed by atoms with Gasteiger partial charge in [-0.05, 0) is 31.4 Å². The van der Waals surface area contributed by atoms with E-state index in [0.29, 0.717) is 12.1 Å². The van der Waals surface area contributed by atoms with Gasteiger partial charge in [-0.15, -0.1) is 8.78 Å². The number of ether oxygens (including phenoxy) is 2. The van der Waals surface area contributed by atoms with Crippen LogP contribution in [0.2, 0.25) is 0 Å². The highest BCUT2D eigenvalue weighted by atomic mass is 19.3. The van der Waals surface area contributed by atoms with E-state index >= 15 is 0 Å². The highest BCUT2D eigenvalue weighted by Crippen LogP contribution is 2.42. The van der Waals surface area contributed by atoms with Crippen molar-refractivity contribution in [2.45, 2.75) is 38.0 Å². The van der Waals surface area contributed by atoms with Crippen molar-refractivity contribution < 1.29 is 23.0 Å². The molecule has 1 saturated carbocycles. The van der Waals surface area contributed by atoms with Crippen LogP contribution >= 0.6 is 0 Å². The maximum Gasteiger partial charge on any atom is 0.586 e. The van der Waals surface area contributed by atoms with E-state index < -0.39 is 6.29 Å². The molecule has 1 amide bonds. The number of halogens is 2. The number of amides is 1. The minimum Gasteiger partial charge on any atom is -0.395 e. The van der Waals surface area contributed by atoms with Gasteiger partial charge in [0.05, 0.1) is 0 Å². The zero-order valence-electron chi connectivity index (χ0n) is 11.3. The van der Waals surface area contributed by atoms with Gasteiger partial charge in [0.2, 0.25) is 5.91 Å². The normalized spacial score (nSPS) is 26.4. The van der Waals surface area contributed by atoms with Gasteiger partial charge in [-0.1, -0.05) is 6.42 Å². The third kappa shape index (κ3) is 3.07. The standard InChI is InChI=1S/C14H16F2N2O3/c15-14(16)20-11-5-4-10(7-12(11)21-14)18-13(19)8-2-1-3-9(17)6-8/h4-5,7-9H,1-3,6,17H2,(H,18,19). The Morgan fingerprint density at radius 3 is 2.81 bits per heavy atom. The van der Waals surface area contributed by atoms with E-state index in [0.717, 1.165) is 19.3 Å². The van der Waals surface area contributed by atoms with Crippen molar-refractivity contribution in [1.82, 2.24) is 0 Å². The number of hydrogen-bond donors (Lipinski definition) is 2. The fourth-order valence-corrected chi connectivity index (χ4v) is 2.74. The lowest BCUT2D eigenvalue weighted by atomic mass is 9.85. The van der Waals surface area contributed by atoms with Crippen LogP contribution in [0.4, 0.5) is 14.5 Å². The summed E-state index contributed by atoms with van der Waals surface area (Å²) in [7, 11) is 0. The molecule has 5 nitrogen and oxygen atoms in total. The molecule has 114 valence electrons. The molecule has 0 aromatic heterocycles. The second-order valence-corrected chi connectivity index (χ2v) is 5.44. The molecule has 0 saturated heterocycles. The van der Waals surface area contributed by atoms with E-state index in [-0.39, 0.29) is 29.4 Å². The molecule has 0 spiro atoms. The third-order valence-corrected chi connectivity index (χ3v) is 3.75. The summed E-state index contributed by atoms with van der Waals surface area (Å²) in [5, 5.41) is 2.71. The zero-order chi connectivity index (χ0) is 15.0. The molecule has 1 aromatic rings. The SMILES string of the molecule is NC1CCCC(C(=O)Nc2ccc3c(c2)OC(F)(F)O3)C1. The number of benzene rings is 1. The van der Waals surface area contributed by atoms with Crippen molar-refractivity contribution in [2.75, 3.05) is 5.32 Å². The van der Waals surface area contributed by atoms with E-state index in [2.05, 4.69) is 14.8 Å². The van der Waals surface area contributed by atoms with Crippen LogP contribution in [0.1, 0.15) is 25.7 Å². The summed E-state index contributed by atoms with van der Waals surface area (Å²) in [6.07, 6.45) is -0.354. The van der Waals surface area contributed by atoms with Crippen LogP contribution < -0.4 is 20.5 Å². The number of fused-ring (bicyclic) bond motifs is 1. The average molecular weight is 298 g/mol. The lowest BCUT2D eigenvalue weighted by molar-refractivity contribution is -0.286. The molecule has 0 radical (unpaired) electrons. The number of anilines is 1. The lowest BCUT2D eigenvalue weighted by Crippen LogP contribution is -2.34. The van der Waals surface area contributed by atoms with Gasteiger partial charge in [0.15, 0.2) is 11.5 Å². The molecule has 1 aromatic carbocycles. The van der Waals surface area contributed by atoms with Gasteiger partial charge >= 0.3 is 6.29 Å². The van der Waals surface area contributed by atoms with Gasteiger partial charge in [-0.2, -0.15) is 0 Å². The minimum absolute atomic E-state index is 0.0438. The van der Waals surface area contributed by atoms with E-state index in [4.69, 9.17) is 5.73 Å². The van der Waals surface area contributed by atoms with Crippen LogP contribution in [-0.2, 0) is 4.79 Å². The molecule has 21 heavy (non-hydrogen) atoms. The van der Waals surface area contributed by atoms with Crippen LogP contribution in [0.15, 0.2) is 18.2 Å². The first-order valence-corrected chi connectivity index (χ1v) is 6.89. The fourth-order valence-electron chi connectivity index (χ4n) is 2.74. The molecule has 2 unspecified atom stereocenters. The Labute approximate surface area is 120 Å². The van der Waals surface area contributed by atoms with E-state index in [1.54, 1.807) is 0 Å². The fraction of sp³-hybridized carbons (Fsp3) is 0.500. The van der Waals surface area contributed by atoms with Crippen molar-refractivity contribution in [2.24, 2.45) is 11.7 Å². The average Bonchev–Trinajstić information content (AvgIpc) is 2.72. The van der Waals surface area contributed by atoms with Crippen molar-refractivity contribution in [3.05, 3.63) is 18.2 Å². The summed E-state index contributed by atoms with van der Waals surface area (Å²) in [4.78, 5) is 12.2. The first-order valence-electron chi connectivity index (χ1n) is 6.89. The van der Waals surface area contributed by atoms with E-state index in [1.807, 2.05) is 0 Å². The number of carbonyl (C=O) groups excluding carboxylic acids is 1. The Bertz CT molecular complexity index is 565. The molecular formula is C14H16F2N2O3. The maximum atomic E-state index is 12.9. The molecular weight excluding hydrogens is 282 g/mol. The highest BCUT2D eigenvalue weighted by molar-refractivity contribution is 5.93. The predicted octanol–water partition coefficient (Wildman–Crippen LogP) is 2.46. The summed E-state index contributed by atoms with van der Waals surface area (Å²) < 4.78 is 34.5. The van der Waals surface area contributed by atoms with Gasteiger partial charge in [-0.25, -0.2) is 0 Å². The second kappa shape index (κ2) is 5.14. The van der Waals surface area contributed by atoms with Crippen LogP contribution in [0, 0.1) is 5.92 Å². The number of alkyl halides is 2. The van der Waals surface area contributed by atoms with Crippen LogP contribution in [-0.4, -0.2) is 18.2 Å². The van der Waals surface area contributed by atoms with Crippen molar-refractivity contribution in [3.8, 4) is 11.5 Å². The Kier molecular flexibility index (Phi) is 3.44. The summed E-state index contributed by atoms with van der Waals surface area (Å²) >= 11 is 0. The number of hydrogen-bond acceptors (Lipinski definition) is 4. The van der Waals surface area contributed by atoms with Gasteiger partial charge in [-0.3, -0.25) is 4.79 Å². The highest BCUT2D eigenvalue weighted by Gasteiger charge is 2.43. The molecule has 7 heteroatoms. The quantitative estimate of drug-likeness (QED) is 0.879. The molecule has 1 aliphatic heterocycles. The Hall–Kier alpha value is -1.89. The Balaban J connectivity index is 1.67. The van der Waals surface area contributed by atoms with E-state index in [9.17, 15) is 13.6 Å². The summed E-state index contributed by atoms with van der Waals surface area (Å²) in [6, 6.07) is 4.23. The molecule has 1 heterocycles. The topological polar surface area (TPSA) is 73.6 Å². The largest absolute Gasteiger partial charge is 0.586 e.